The molecule has 2 aromatic rings. The molecular weight excluding hydrogens is 430 g/mol. The van der Waals surface area contributed by atoms with Gasteiger partial charge in [-0.1, -0.05) is 18.6 Å². The summed E-state index contributed by atoms with van der Waals surface area (Å²) < 4.78 is 39.4. The third kappa shape index (κ3) is 5.99. The number of ether oxygens (including phenoxy) is 2. The first-order chi connectivity index (χ1) is 15.3. The molecule has 1 atom stereocenters. The van der Waals surface area contributed by atoms with Crippen LogP contribution in [0.15, 0.2) is 47.4 Å². The average molecular weight is 462 g/mol. The van der Waals surface area contributed by atoms with Gasteiger partial charge in [0.05, 0.1) is 24.8 Å². The van der Waals surface area contributed by atoms with Crippen molar-refractivity contribution in [1.29, 1.82) is 0 Å². The van der Waals surface area contributed by atoms with Crippen LogP contribution in [0.4, 0.5) is 5.69 Å². The van der Waals surface area contributed by atoms with E-state index >= 15 is 0 Å². The van der Waals surface area contributed by atoms with E-state index < -0.39 is 10.0 Å². The van der Waals surface area contributed by atoms with E-state index in [0.717, 1.165) is 37.2 Å². The van der Waals surface area contributed by atoms with Crippen molar-refractivity contribution in [3.05, 3.63) is 48.0 Å². The number of nitrogens with zero attached hydrogens (tertiary/aromatic N) is 1. The zero-order valence-corrected chi connectivity index (χ0v) is 19.6. The van der Waals surface area contributed by atoms with E-state index in [0.29, 0.717) is 5.69 Å². The van der Waals surface area contributed by atoms with Crippen molar-refractivity contribution in [1.82, 2.24) is 9.62 Å². The van der Waals surface area contributed by atoms with Crippen LogP contribution in [0.2, 0.25) is 0 Å². The van der Waals surface area contributed by atoms with E-state index in [1.54, 1.807) is 7.11 Å². The van der Waals surface area contributed by atoms with Gasteiger partial charge in [-0.2, -0.15) is 0 Å². The Kier molecular flexibility index (Phi) is 8.11. The lowest BCUT2D eigenvalue weighted by Crippen LogP contribution is -2.40. The van der Waals surface area contributed by atoms with E-state index in [1.807, 2.05) is 24.3 Å². The fourth-order valence-electron chi connectivity index (χ4n) is 3.92. The number of amides is 1. The summed E-state index contributed by atoms with van der Waals surface area (Å²) in [5.74, 6) is 0.782. The van der Waals surface area contributed by atoms with Crippen LogP contribution in [0.5, 0.6) is 11.5 Å². The number of methoxy groups -OCH3 is 2. The molecule has 0 aromatic heterocycles. The van der Waals surface area contributed by atoms with E-state index in [1.165, 1.54) is 38.7 Å². The number of sulfonamides is 1. The molecule has 0 saturated carbocycles. The number of benzene rings is 2. The molecule has 3 rings (SSSR count). The van der Waals surface area contributed by atoms with Gasteiger partial charge in [0.15, 0.2) is 0 Å². The summed E-state index contributed by atoms with van der Waals surface area (Å²) in [6.45, 7) is 3.48. The minimum absolute atomic E-state index is 0.0792. The highest BCUT2D eigenvalue weighted by molar-refractivity contribution is 7.89. The highest BCUT2D eigenvalue weighted by Gasteiger charge is 2.25. The van der Waals surface area contributed by atoms with Crippen molar-refractivity contribution in [3.8, 4) is 11.5 Å². The topological polar surface area (TPSA) is 97.0 Å². The molecule has 0 bridgehead atoms. The molecule has 0 radical (unpaired) electrons. The molecule has 0 unspecified atom stereocenters. The lowest BCUT2D eigenvalue weighted by Gasteiger charge is -2.35. The highest BCUT2D eigenvalue weighted by atomic mass is 32.2. The molecule has 1 aliphatic heterocycles. The monoisotopic (exact) mass is 461 g/mol. The molecule has 1 heterocycles. The normalized spacial score (nSPS) is 15.7. The Morgan fingerprint density at radius 3 is 2.31 bits per heavy atom. The van der Waals surface area contributed by atoms with E-state index in [9.17, 15) is 13.2 Å². The van der Waals surface area contributed by atoms with Crippen molar-refractivity contribution in [2.45, 2.75) is 37.1 Å². The summed E-state index contributed by atoms with van der Waals surface area (Å²) in [5.41, 5.74) is 1.46. The zero-order chi connectivity index (χ0) is 23.1. The molecule has 1 fully saturated rings. The molecule has 32 heavy (non-hydrogen) atoms. The number of carbonyl (C=O) groups excluding carboxylic acids is 1. The van der Waals surface area contributed by atoms with Crippen molar-refractivity contribution >= 4 is 21.6 Å². The molecule has 1 aliphatic rings. The lowest BCUT2D eigenvalue weighted by molar-refractivity contribution is -0.114. The van der Waals surface area contributed by atoms with Crippen LogP contribution in [0.3, 0.4) is 0 Å². The molecule has 0 spiro atoms. The van der Waals surface area contributed by atoms with Crippen LogP contribution in [0.1, 0.15) is 37.8 Å². The third-order valence-electron chi connectivity index (χ3n) is 5.59. The van der Waals surface area contributed by atoms with Gasteiger partial charge in [-0.15, -0.1) is 0 Å². The summed E-state index contributed by atoms with van der Waals surface area (Å²) in [6.07, 6.45) is 3.39. The Morgan fingerprint density at radius 2 is 1.72 bits per heavy atom. The minimum Gasteiger partial charge on any atom is -0.497 e. The van der Waals surface area contributed by atoms with Crippen LogP contribution in [0.25, 0.3) is 0 Å². The second-order valence-electron chi connectivity index (χ2n) is 7.78. The van der Waals surface area contributed by atoms with E-state index in [-0.39, 0.29) is 29.1 Å². The van der Waals surface area contributed by atoms with Gasteiger partial charge in [-0.25, -0.2) is 13.1 Å². The molecule has 2 N–H and O–H groups in total. The number of rotatable bonds is 9. The van der Waals surface area contributed by atoms with Crippen molar-refractivity contribution in [2.24, 2.45) is 0 Å². The molecule has 1 saturated heterocycles. The highest BCUT2D eigenvalue weighted by Crippen LogP contribution is 2.29. The van der Waals surface area contributed by atoms with Gasteiger partial charge in [-0.05, 0) is 55.8 Å². The number of hydrogen-bond donors (Lipinski definition) is 2. The van der Waals surface area contributed by atoms with Gasteiger partial charge in [-0.3, -0.25) is 9.69 Å². The quantitative estimate of drug-likeness (QED) is 0.595. The predicted octanol–water partition coefficient (Wildman–Crippen LogP) is 3.17. The molecule has 8 nitrogen and oxygen atoms in total. The molecular formula is C23H31N3O5S. The maximum absolute atomic E-state index is 13.1. The van der Waals surface area contributed by atoms with Gasteiger partial charge < -0.3 is 14.8 Å². The van der Waals surface area contributed by atoms with E-state index in [4.69, 9.17) is 9.47 Å². The first-order valence-corrected chi connectivity index (χ1v) is 12.2. The average Bonchev–Trinajstić information content (AvgIpc) is 2.80. The fraction of sp³-hybridized carbons (Fsp3) is 0.435. The standard InChI is InChI=1S/C23H31N3O5S/c1-17(27)25-21-12-11-20(15-23(21)31-3)32(28,29)24-16-22(26-13-5-4-6-14-26)18-7-9-19(30-2)10-8-18/h7-12,15,22,24H,4-6,13-14,16H2,1-3H3,(H,25,27)/t22-/m1/s1. The molecule has 0 aliphatic carbocycles. The Balaban J connectivity index is 1.81. The Hall–Kier alpha value is -2.62. The number of piperidine rings is 1. The third-order valence-corrected chi connectivity index (χ3v) is 7.01. The first-order valence-electron chi connectivity index (χ1n) is 10.7. The van der Waals surface area contributed by atoms with Gasteiger partial charge in [0, 0.05) is 25.6 Å². The Morgan fingerprint density at radius 1 is 1.03 bits per heavy atom. The van der Waals surface area contributed by atoms with E-state index in [2.05, 4.69) is 14.9 Å². The maximum atomic E-state index is 13.1. The summed E-state index contributed by atoms with van der Waals surface area (Å²) in [5, 5.41) is 2.63. The number of hydrogen-bond acceptors (Lipinski definition) is 6. The summed E-state index contributed by atoms with van der Waals surface area (Å²) in [6, 6.07) is 12.1. The maximum Gasteiger partial charge on any atom is 0.240 e. The molecule has 9 heteroatoms. The molecule has 1 amide bonds. The van der Waals surface area contributed by atoms with Gasteiger partial charge in [0.2, 0.25) is 15.9 Å². The van der Waals surface area contributed by atoms with Crippen LogP contribution >= 0.6 is 0 Å². The molecule has 174 valence electrons. The van der Waals surface area contributed by atoms with Gasteiger partial charge in [0.25, 0.3) is 0 Å². The smallest absolute Gasteiger partial charge is 0.240 e. The summed E-state index contributed by atoms with van der Waals surface area (Å²) in [4.78, 5) is 13.8. The summed E-state index contributed by atoms with van der Waals surface area (Å²) in [7, 11) is -0.734. The molecule has 2 aromatic carbocycles. The number of anilines is 1. The summed E-state index contributed by atoms with van der Waals surface area (Å²) >= 11 is 0. The minimum atomic E-state index is -3.79. The van der Waals surface area contributed by atoms with Crippen LogP contribution in [-0.4, -0.2) is 53.1 Å². The SMILES string of the molecule is COc1ccc([C@@H](CNS(=O)(=O)c2ccc(NC(C)=O)c(OC)c2)N2CCCCC2)cc1. The second-order valence-corrected chi connectivity index (χ2v) is 9.55. The number of carbonyl (C=O) groups is 1. The fourth-order valence-corrected chi connectivity index (χ4v) is 4.97. The predicted molar refractivity (Wildman–Crippen MR) is 124 cm³/mol. The Bertz CT molecular complexity index is 1020. The van der Waals surface area contributed by atoms with Gasteiger partial charge >= 0.3 is 0 Å². The van der Waals surface area contributed by atoms with Crippen LogP contribution in [-0.2, 0) is 14.8 Å². The Labute approximate surface area is 190 Å². The first kappa shape index (κ1) is 24.0. The van der Waals surface area contributed by atoms with Gasteiger partial charge in [0.1, 0.15) is 11.5 Å². The van der Waals surface area contributed by atoms with Crippen molar-refractivity contribution < 1.29 is 22.7 Å². The van der Waals surface area contributed by atoms with Crippen LogP contribution < -0.4 is 19.5 Å². The lowest BCUT2D eigenvalue weighted by atomic mass is 10.0. The van der Waals surface area contributed by atoms with Crippen LogP contribution in [0, 0.1) is 0 Å². The largest absolute Gasteiger partial charge is 0.497 e. The number of nitrogens with one attached hydrogen (secondary N) is 2. The second kappa shape index (κ2) is 10.8. The van der Waals surface area contributed by atoms with Crippen molar-refractivity contribution in [3.63, 3.8) is 0 Å². The van der Waals surface area contributed by atoms with Crippen molar-refractivity contribution in [2.75, 3.05) is 39.2 Å². The number of likely N-dealkylation sites (tertiary alicyclic amines) is 1. The zero-order valence-electron chi connectivity index (χ0n) is 18.8.